The van der Waals surface area contributed by atoms with E-state index in [1.165, 1.54) is 0 Å². The summed E-state index contributed by atoms with van der Waals surface area (Å²) in [6.45, 7) is 2.22. The molecule has 0 aromatic heterocycles. The van der Waals surface area contributed by atoms with E-state index in [1.54, 1.807) is 30.3 Å². The summed E-state index contributed by atoms with van der Waals surface area (Å²) in [6.07, 6.45) is -0.523. The summed E-state index contributed by atoms with van der Waals surface area (Å²) in [4.78, 5) is 11.8. The average Bonchev–Trinajstić information content (AvgIpc) is 2.48. The number of nitrogens with two attached hydrogens (primary N) is 1. The lowest BCUT2D eigenvalue weighted by Gasteiger charge is -2.09. The number of aryl methyl sites for hydroxylation is 1. The minimum Gasteiger partial charge on any atom is -0.410 e. The van der Waals surface area contributed by atoms with Crippen LogP contribution in [0.3, 0.4) is 0 Å². The maximum Gasteiger partial charge on any atom is 0.417 e. The van der Waals surface area contributed by atoms with Crippen LogP contribution in [0.5, 0.6) is 5.75 Å². The summed E-state index contributed by atoms with van der Waals surface area (Å²) in [5.41, 5.74) is 7.79. The lowest BCUT2D eigenvalue weighted by atomic mass is 10.1. The fraction of sp³-hybridized carbons (Fsp3) is 0.118. The van der Waals surface area contributed by atoms with Gasteiger partial charge in [0.15, 0.2) is 0 Å². The van der Waals surface area contributed by atoms with Crippen LogP contribution in [-0.4, -0.2) is 12.6 Å². The third-order valence-corrected chi connectivity index (χ3v) is 2.75. The molecular weight excluding hydrogens is 264 g/mol. The lowest BCUT2D eigenvalue weighted by molar-refractivity contribution is 0.215. The summed E-state index contributed by atoms with van der Waals surface area (Å²) >= 11 is 0. The van der Waals surface area contributed by atoms with E-state index in [9.17, 15) is 4.79 Å². The van der Waals surface area contributed by atoms with Gasteiger partial charge in [-0.2, -0.15) is 0 Å². The highest BCUT2D eigenvalue weighted by molar-refractivity contribution is 5.87. The Morgan fingerprint density at radius 2 is 2.00 bits per heavy atom. The van der Waals surface area contributed by atoms with Crippen LogP contribution >= 0.6 is 0 Å². The quantitative estimate of drug-likeness (QED) is 0.831. The second kappa shape index (κ2) is 7.13. The number of amides is 1. The van der Waals surface area contributed by atoms with E-state index < -0.39 is 6.09 Å². The Labute approximate surface area is 123 Å². The molecule has 2 aromatic rings. The summed E-state index contributed by atoms with van der Waals surface area (Å²) in [5.74, 6) is 6.24. The Balaban J connectivity index is 2.04. The van der Waals surface area contributed by atoms with Crippen LogP contribution in [0.1, 0.15) is 11.1 Å². The Morgan fingerprint density at radius 3 is 2.67 bits per heavy atom. The Hall–Kier alpha value is -2.77. The second-order valence-electron chi connectivity index (χ2n) is 4.36. The third kappa shape index (κ3) is 4.37. The van der Waals surface area contributed by atoms with Crippen molar-refractivity contribution >= 4 is 11.8 Å². The van der Waals surface area contributed by atoms with Crippen molar-refractivity contribution in [3.63, 3.8) is 0 Å². The van der Waals surface area contributed by atoms with Gasteiger partial charge in [0.2, 0.25) is 0 Å². The fourth-order valence-corrected chi connectivity index (χ4v) is 1.77. The Kier molecular flexibility index (Phi) is 4.97. The molecule has 0 saturated heterocycles. The molecule has 1 amide bonds. The number of hydrogen-bond donors (Lipinski definition) is 2. The summed E-state index contributed by atoms with van der Waals surface area (Å²) in [7, 11) is 0. The summed E-state index contributed by atoms with van der Waals surface area (Å²) in [5, 5.41) is 2.71. The van der Waals surface area contributed by atoms with Crippen LogP contribution in [0.15, 0.2) is 48.5 Å². The largest absolute Gasteiger partial charge is 0.417 e. The third-order valence-electron chi connectivity index (χ3n) is 2.75. The molecule has 0 radical (unpaired) electrons. The Bertz CT molecular complexity index is 685. The van der Waals surface area contributed by atoms with Gasteiger partial charge in [-0.15, -0.1) is 0 Å². The monoisotopic (exact) mass is 280 g/mol. The predicted octanol–water partition coefficient (Wildman–Crippen LogP) is 2.92. The van der Waals surface area contributed by atoms with Crippen molar-refractivity contribution in [2.45, 2.75) is 6.92 Å². The second-order valence-corrected chi connectivity index (χ2v) is 4.36. The zero-order valence-electron chi connectivity index (χ0n) is 11.7. The highest BCUT2D eigenvalue weighted by Gasteiger charge is 2.07. The molecule has 0 heterocycles. The van der Waals surface area contributed by atoms with E-state index in [0.29, 0.717) is 18.0 Å². The molecule has 0 unspecified atom stereocenters. The van der Waals surface area contributed by atoms with Crippen LogP contribution in [0.25, 0.3) is 0 Å². The van der Waals surface area contributed by atoms with E-state index in [2.05, 4.69) is 17.2 Å². The summed E-state index contributed by atoms with van der Waals surface area (Å²) < 4.78 is 5.17. The van der Waals surface area contributed by atoms with Crippen molar-refractivity contribution in [1.82, 2.24) is 0 Å². The lowest BCUT2D eigenvalue weighted by Crippen LogP contribution is -2.17. The molecule has 0 bridgehead atoms. The topological polar surface area (TPSA) is 64.3 Å². The van der Waals surface area contributed by atoms with Gasteiger partial charge in [0, 0.05) is 11.3 Å². The van der Waals surface area contributed by atoms with Gasteiger partial charge >= 0.3 is 6.09 Å². The first kappa shape index (κ1) is 14.6. The molecule has 3 N–H and O–H groups in total. The van der Waals surface area contributed by atoms with Gasteiger partial charge in [-0.05, 0) is 42.8 Å². The standard InChI is InChI=1S/C17H16N2O2/c1-13-12-14(6-5-11-18)9-10-16(13)19-17(20)21-15-7-3-2-4-8-15/h2-4,7-10,12H,11,18H2,1H3,(H,19,20). The smallest absolute Gasteiger partial charge is 0.410 e. The predicted molar refractivity (Wildman–Crippen MR) is 83.2 cm³/mol. The van der Waals surface area contributed by atoms with Crippen LogP contribution in [0.2, 0.25) is 0 Å². The molecule has 0 spiro atoms. The number of nitrogens with one attached hydrogen (secondary N) is 1. The number of carbonyl (C=O) groups excluding carboxylic acids is 1. The zero-order chi connectivity index (χ0) is 15.1. The SMILES string of the molecule is Cc1cc(C#CCN)ccc1NC(=O)Oc1ccccc1. The van der Waals surface area contributed by atoms with Crippen LogP contribution in [0, 0.1) is 18.8 Å². The van der Waals surface area contributed by atoms with Crippen LogP contribution < -0.4 is 15.8 Å². The zero-order valence-corrected chi connectivity index (χ0v) is 11.7. The van der Waals surface area contributed by atoms with Gasteiger partial charge < -0.3 is 10.5 Å². The van der Waals surface area contributed by atoms with Gasteiger partial charge in [0.25, 0.3) is 0 Å². The molecule has 0 saturated carbocycles. The van der Waals surface area contributed by atoms with Gasteiger partial charge in [-0.25, -0.2) is 4.79 Å². The molecule has 2 rings (SSSR count). The Morgan fingerprint density at radius 1 is 1.24 bits per heavy atom. The van der Waals surface area contributed by atoms with Crippen LogP contribution in [0.4, 0.5) is 10.5 Å². The first-order valence-corrected chi connectivity index (χ1v) is 6.52. The maximum absolute atomic E-state index is 11.8. The van der Waals surface area contributed by atoms with E-state index in [0.717, 1.165) is 11.1 Å². The summed E-state index contributed by atoms with van der Waals surface area (Å²) in [6, 6.07) is 14.4. The van der Waals surface area contributed by atoms with E-state index in [1.807, 2.05) is 25.1 Å². The highest BCUT2D eigenvalue weighted by atomic mass is 16.6. The van der Waals surface area contributed by atoms with E-state index in [-0.39, 0.29) is 0 Å². The number of rotatable bonds is 2. The molecule has 0 aliphatic rings. The number of para-hydroxylation sites is 1. The molecule has 4 nitrogen and oxygen atoms in total. The van der Waals surface area contributed by atoms with Gasteiger partial charge in [-0.3, -0.25) is 5.32 Å². The van der Waals surface area contributed by atoms with Crippen molar-refractivity contribution in [1.29, 1.82) is 0 Å². The molecule has 0 atom stereocenters. The van der Waals surface area contributed by atoms with Crippen molar-refractivity contribution in [3.05, 3.63) is 59.7 Å². The average molecular weight is 280 g/mol. The molecule has 2 aromatic carbocycles. The van der Waals surface area contributed by atoms with Gasteiger partial charge in [0.05, 0.1) is 6.54 Å². The molecule has 21 heavy (non-hydrogen) atoms. The van der Waals surface area contributed by atoms with Crippen LogP contribution in [-0.2, 0) is 0 Å². The maximum atomic E-state index is 11.8. The van der Waals surface area contributed by atoms with Gasteiger partial charge in [0.1, 0.15) is 5.75 Å². The van der Waals surface area contributed by atoms with Crippen molar-refractivity contribution in [2.75, 3.05) is 11.9 Å². The fourth-order valence-electron chi connectivity index (χ4n) is 1.77. The minimum absolute atomic E-state index is 0.322. The first-order valence-electron chi connectivity index (χ1n) is 6.52. The molecular formula is C17H16N2O2. The molecule has 0 aliphatic carbocycles. The number of carbonyl (C=O) groups is 1. The van der Waals surface area contributed by atoms with Gasteiger partial charge in [-0.1, -0.05) is 30.0 Å². The molecule has 0 aliphatic heterocycles. The minimum atomic E-state index is -0.523. The van der Waals surface area contributed by atoms with Crippen molar-refractivity contribution in [3.8, 4) is 17.6 Å². The normalized spacial score (nSPS) is 9.43. The molecule has 4 heteroatoms. The highest BCUT2D eigenvalue weighted by Crippen LogP contribution is 2.17. The molecule has 106 valence electrons. The van der Waals surface area contributed by atoms with Crippen molar-refractivity contribution < 1.29 is 9.53 Å². The van der Waals surface area contributed by atoms with Crippen molar-refractivity contribution in [2.24, 2.45) is 5.73 Å². The van der Waals surface area contributed by atoms with E-state index >= 15 is 0 Å². The number of benzene rings is 2. The number of ether oxygens (including phenoxy) is 1. The molecule has 0 fully saturated rings. The first-order chi connectivity index (χ1) is 10.2. The van der Waals surface area contributed by atoms with E-state index in [4.69, 9.17) is 10.5 Å². The number of anilines is 1. The number of hydrogen-bond acceptors (Lipinski definition) is 3.